The van der Waals surface area contributed by atoms with E-state index < -0.39 is 0 Å². The summed E-state index contributed by atoms with van der Waals surface area (Å²) in [6, 6.07) is 11.6. The van der Waals surface area contributed by atoms with Crippen LogP contribution >= 0.6 is 0 Å². The molecular formula is C20H24N2O2. The Labute approximate surface area is 143 Å². The number of carbonyl (C=O) groups is 2. The number of nitrogens with one attached hydrogen (secondary N) is 1. The molecule has 0 aliphatic rings. The number of rotatable bonds is 4. The quantitative estimate of drug-likeness (QED) is 0.927. The molecule has 1 N–H and O–H groups in total. The van der Waals surface area contributed by atoms with Crippen molar-refractivity contribution in [2.45, 2.75) is 34.6 Å². The Morgan fingerprint density at radius 2 is 1.62 bits per heavy atom. The van der Waals surface area contributed by atoms with E-state index in [1.165, 1.54) is 17.4 Å². The molecule has 0 heterocycles. The van der Waals surface area contributed by atoms with Crippen LogP contribution in [0.15, 0.2) is 36.4 Å². The summed E-state index contributed by atoms with van der Waals surface area (Å²) in [4.78, 5) is 25.9. The lowest BCUT2D eigenvalue weighted by atomic mass is 10.1. The van der Waals surface area contributed by atoms with Crippen molar-refractivity contribution in [1.29, 1.82) is 0 Å². The van der Waals surface area contributed by atoms with Crippen molar-refractivity contribution < 1.29 is 9.59 Å². The van der Waals surface area contributed by atoms with Gasteiger partial charge in [-0.25, -0.2) is 0 Å². The average molecular weight is 324 g/mol. The van der Waals surface area contributed by atoms with Crippen LogP contribution in [-0.2, 0) is 9.59 Å². The summed E-state index contributed by atoms with van der Waals surface area (Å²) < 4.78 is 0. The van der Waals surface area contributed by atoms with Gasteiger partial charge in [-0.1, -0.05) is 23.8 Å². The van der Waals surface area contributed by atoms with E-state index in [0.29, 0.717) is 0 Å². The molecule has 0 saturated heterocycles. The van der Waals surface area contributed by atoms with Gasteiger partial charge in [-0.05, 0) is 62.6 Å². The van der Waals surface area contributed by atoms with E-state index in [4.69, 9.17) is 0 Å². The van der Waals surface area contributed by atoms with Crippen molar-refractivity contribution in [2.24, 2.45) is 0 Å². The number of hydrogen-bond acceptors (Lipinski definition) is 2. The van der Waals surface area contributed by atoms with Gasteiger partial charge in [0.25, 0.3) is 0 Å². The minimum Gasteiger partial charge on any atom is -0.325 e. The van der Waals surface area contributed by atoms with E-state index in [1.807, 2.05) is 64.1 Å². The van der Waals surface area contributed by atoms with Crippen molar-refractivity contribution in [3.63, 3.8) is 0 Å². The Kier molecular flexibility index (Phi) is 5.39. The van der Waals surface area contributed by atoms with Gasteiger partial charge >= 0.3 is 0 Å². The van der Waals surface area contributed by atoms with Crippen LogP contribution in [0, 0.1) is 27.7 Å². The molecule has 4 nitrogen and oxygen atoms in total. The number of hydrogen-bond donors (Lipinski definition) is 1. The van der Waals surface area contributed by atoms with Crippen LogP contribution in [0.5, 0.6) is 0 Å². The van der Waals surface area contributed by atoms with Gasteiger partial charge in [-0.2, -0.15) is 0 Å². The SMILES string of the molecule is CC(=O)N(CC(=O)Nc1ccc(C)c(C)c1)c1ccc(C)cc1C. The van der Waals surface area contributed by atoms with E-state index >= 15 is 0 Å². The summed E-state index contributed by atoms with van der Waals surface area (Å²) in [5.74, 6) is -0.370. The first-order chi connectivity index (χ1) is 11.3. The summed E-state index contributed by atoms with van der Waals surface area (Å²) in [7, 11) is 0. The average Bonchev–Trinajstić information content (AvgIpc) is 2.49. The largest absolute Gasteiger partial charge is 0.325 e. The van der Waals surface area contributed by atoms with Crippen LogP contribution in [0.4, 0.5) is 11.4 Å². The van der Waals surface area contributed by atoms with Crippen molar-refractivity contribution in [3.05, 3.63) is 58.7 Å². The Bertz CT molecular complexity index is 781. The molecule has 2 aromatic carbocycles. The lowest BCUT2D eigenvalue weighted by molar-refractivity contribution is -0.120. The molecule has 0 atom stereocenters. The number of benzene rings is 2. The number of aryl methyl sites for hydroxylation is 4. The van der Waals surface area contributed by atoms with E-state index in [-0.39, 0.29) is 18.4 Å². The first-order valence-electron chi connectivity index (χ1n) is 8.00. The highest BCUT2D eigenvalue weighted by Crippen LogP contribution is 2.21. The maximum atomic E-state index is 12.4. The molecule has 2 amide bonds. The monoisotopic (exact) mass is 324 g/mol. The first-order valence-corrected chi connectivity index (χ1v) is 8.00. The van der Waals surface area contributed by atoms with Crippen LogP contribution in [-0.4, -0.2) is 18.4 Å². The highest BCUT2D eigenvalue weighted by atomic mass is 16.2. The molecule has 0 spiro atoms. The molecule has 2 rings (SSSR count). The van der Waals surface area contributed by atoms with E-state index in [9.17, 15) is 9.59 Å². The van der Waals surface area contributed by atoms with Crippen LogP contribution in [0.25, 0.3) is 0 Å². The Hall–Kier alpha value is -2.62. The summed E-state index contributed by atoms with van der Waals surface area (Å²) in [5.41, 5.74) is 5.90. The van der Waals surface area contributed by atoms with Gasteiger partial charge in [0.15, 0.2) is 0 Å². The van der Waals surface area contributed by atoms with Gasteiger partial charge in [0, 0.05) is 18.3 Å². The van der Waals surface area contributed by atoms with Gasteiger partial charge in [0.05, 0.1) is 0 Å². The molecule has 0 aliphatic heterocycles. The van der Waals surface area contributed by atoms with Gasteiger partial charge in [-0.3, -0.25) is 9.59 Å². The number of nitrogens with zero attached hydrogens (tertiary/aromatic N) is 1. The van der Waals surface area contributed by atoms with Crippen molar-refractivity contribution in [3.8, 4) is 0 Å². The van der Waals surface area contributed by atoms with Gasteiger partial charge in [0.2, 0.25) is 11.8 Å². The summed E-state index contributed by atoms with van der Waals surface area (Å²) >= 11 is 0. The highest BCUT2D eigenvalue weighted by Gasteiger charge is 2.17. The summed E-state index contributed by atoms with van der Waals surface area (Å²) in [6.07, 6.45) is 0. The third kappa shape index (κ3) is 4.22. The van der Waals surface area contributed by atoms with Crippen LogP contribution in [0.2, 0.25) is 0 Å². The fourth-order valence-electron chi connectivity index (χ4n) is 2.64. The number of carbonyl (C=O) groups excluding carboxylic acids is 2. The van der Waals surface area contributed by atoms with E-state index in [0.717, 1.165) is 28.1 Å². The van der Waals surface area contributed by atoms with E-state index in [1.54, 1.807) is 0 Å². The zero-order valence-electron chi connectivity index (χ0n) is 14.9. The molecule has 24 heavy (non-hydrogen) atoms. The van der Waals surface area contributed by atoms with E-state index in [2.05, 4.69) is 5.32 Å². The minimum atomic E-state index is -0.214. The molecule has 126 valence electrons. The second kappa shape index (κ2) is 7.30. The van der Waals surface area contributed by atoms with Crippen LogP contribution < -0.4 is 10.2 Å². The smallest absolute Gasteiger partial charge is 0.244 e. The minimum absolute atomic E-state index is 0.00778. The molecule has 0 bridgehead atoms. The molecule has 0 saturated carbocycles. The standard InChI is InChI=1S/C20H24N2O2/c1-13-6-9-19(16(4)10-13)22(17(5)23)12-20(24)21-18-8-7-14(2)15(3)11-18/h6-11H,12H2,1-5H3,(H,21,24). The lowest BCUT2D eigenvalue weighted by Crippen LogP contribution is -2.37. The highest BCUT2D eigenvalue weighted by molar-refractivity contribution is 6.02. The predicted octanol–water partition coefficient (Wildman–Crippen LogP) is 3.91. The summed E-state index contributed by atoms with van der Waals surface area (Å²) in [5, 5.41) is 2.86. The lowest BCUT2D eigenvalue weighted by Gasteiger charge is -2.23. The summed E-state index contributed by atoms with van der Waals surface area (Å²) in [6.45, 7) is 9.44. The molecule has 0 radical (unpaired) electrons. The molecule has 0 aliphatic carbocycles. The topological polar surface area (TPSA) is 49.4 Å². The molecule has 2 aromatic rings. The maximum absolute atomic E-state index is 12.4. The predicted molar refractivity (Wildman–Crippen MR) is 98.5 cm³/mol. The zero-order valence-corrected chi connectivity index (χ0v) is 14.9. The molecule has 4 heteroatoms. The van der Waals surface area contributed by atoms with Crippen LogP contribution in [0.3, 0.4) is 0 Å². The Morgan fingerprint density at radius 1 is 0.917 bits per heavy atom. The molecule has 0 unspecified atom stereocenters. The molecular weight excluding hydrogens is 300 g/mol. The van der Waals surface area contributed by atoms with Gasteiger partial charge in [-0.15, -0.1) is 0 Å². The van der Waals surface area contributed by atoms with Crippen LogP contribution in [0.1, 0.15) is 29.2 Å². The van der Waals surface area contributed by atoms with Crippen molar-refractivity contribution >= 4 is 23.2 Å². The van der Waals surface area contributed by atoms with Gasteiger partial charge in [0.1, 0.15) is 6.54 Å². The maximum Gasteiger partial charge on any atom is 0.244 e. The van der Waals surface area contributed by atoms with Gasteiger partial charge < -0.3 is 10.2 Å². The number of anilines is 2. The zero-order chi connectivity index (χ0) is 17.9. The number of amides is 2. The second-order valence-electron chi connectivity index (χ2n) is 6.24. The Morgan fingerprint density at radius 3 is 2.21 bits per heavy atom. The normalized spacial score (nSPS) is 10.4. The molecule has 0 fully saturated rings. The third-order valence-electron chi connectivity index (χ3n) is 4.12. The third-order valence-corrected chi connectivity index (χ3v) is 4.12. The second-order valence-corrected chi connectivity index (χ2v) is 6.24. The fraction of sp³-hybridized carbons (Fsp3) is 0.300. The molecule has 0 aromatic heterocycles. The Balaban J connectivity index is 2.16. The van der Waals surface area contributed by atoms with Crippen molar-refractivity contribution in [1.82, 2.24) is 0 Å². The van der Waals surface area contributed by atoms with Crippen molar-refractivity contribution in [2.75, 3.05) is 16.8 Å². The fourth-order valence-corrected chi connectivity index (χ4v) is 2.64. The first kappa shape index (κ1) is 17.7.